The molecule has 1 aliphatic rings. The molecule has 0 saturated carbocycles. The van der Waals surface area contributed by atoms with Gasteiger partial charge in [0.05, 0.1) is 5.69 Å². The number of hydrogen-bond acceptors (Lipinski definition) is 5. The van der Waals surface area contributed by atoms with E-state index in [-0.39, 0.29) is 0 Å². The molecular formula is C15H22N6. The number of hydrogen-bond donors (Lipinski definition) is 1. The van der Waals surface area contributed by atoms with Gasteiger partial charge in [0.1, 0.15) is 11.6 Å². The number of aromatic nitrogens is 5. The summed E-state index contributed by atoms with van der Waals surface area (Å²) in [4.78, 5) is 15.8. The Morgan fingerprint density at radius 1 is 1.38 bits per heavy atom. The zero-order chi connectivity index (χ0) is 14.7. The van der Waals surface area contributed by atoms with E-state index in [1.54, 1.807) is 0 Å². The largest absolute Gasteiger partial charge is 0.297 e. The van der Waals surface area contributed by atoms with Crippen LogP contribution in [-0.2, 0) is 13.0 Å². The second kappa shape index (κ2) is 6.30. The Hall–Kier alpha value is -1.82. The molecule has 3 rings (SSSR count). The summed E-state index contributed by atoms with van der Waals surface area (Å²) in [6, 6.07) is 2.01. The molecule has 1 saturated heterocycles. The van der Waals surface area contributed by atoms with Crippen molar-refractivity contribution >= 4 is 0 Å². The highest BCUT2D eigenvalue weighted by atomic mass is 15.2. The minimum absolute atomic E-state index is 0.427. The topological polar surface area (TPSA) is 70.6 Å². The number of aryl methyl sites for hydroxylation is 2. The lowest BCUT2D eigenvalue weighted by Gasteiger charge is -2.31. The predicted octanol–water partition coefficient (Wildman–Crippen LogP) is 1.85. The molecule has 0 aromatic carbocycles. The fourth-order valence-electron chi connectivity index (χ4n) is 2.88. The number of nitrogens with one attached hydrogen (secondary N) is 1. The Morgan fingerprint density at radius 2 is 2.29 bits per heavy atom. The quantitative estimate of drug-likeness (QED) is 0.928. The van der Waals surface area contributed by atoms with Gasteiger partial charge in [-0.1, -0.05) is 6.92 Å². The standard InChI is InChI=1S/C15H22N6/c1-3-14-16-7-6-13(18-14)10-21-8-4-5-12(9-21)15-17-11(2)19-20-15/h6-7,12H,3-5,8-10H2,1-2H3,(H,17,19,20)/t12-/m0/s1. The van der Waals surface area contributed by atoms with Crippen molar-refractivity contribution < 1.29 is 0 Å². The summed E-state index contributed by atoms with van der Waals surface area (Å²) >= 11 is 0. The molecule has 0 unspecified atom stereocenters. The number of rotatable bonds is 4. The van der Waals surface area contributed by atoms with Gasteiger partial charge in [0.2, 0.25) is 0 Å². The van der Waals surface area contributed by atoms with Crippen molar-refractivity contribution in [3.8, 4) is 0 Å². The third-order valence-corrected chi connectivity index (χ3v) is 3.95. The van der Waals surface area contributed by atoms with Crippen LogP contribution < -0.4 is 0 Å². The van der Waals surface area contributed by atoms with Gasteiger partial charge in [-0.2, -0.15) is 5.10 Å². The number of piperidine rings is 1. The van der Waals surface area contributed by atoms with Gasteiger partial charge < -0.3 is 0 Å². The molecule has 2 aromatic heterocycles. The molecule has 1 atom stereocenters. The second-order valence-electron chi connectivity index (χ2n) is 5.67. The smallest absolute Gasteiger partial charge is 0.155 e. The van der Waals surface area contributed by atoms with Crippen molar-refractivity contribution in [1.82, 2.24) is 30.0 Å². The normalized spacial score (nSPS) is 19.8. The van der Waals surface area contributed by atoms with Gasteiger partial charge in [0.15, 0.2) is 5.82 Å². The first-order chi connectivity index (χ1) is 10.2. The predicted molar refractivity (Wildman–Crippen MR) is 79.8 cm³/mol. The number of aromatic amines is 1. The maximum absolute atomic E-state index is 4.60. The zero-order valence-electron chi connectivity index (χ0n) is 12.7. The van der Waals surface area contributed by atoms with Crippen molar-refractivity contribution in [3.63, 3.8) is 0 Å². The monoisotopic (exact) mass is 286 g/mol. The SMILES string of the molecule is CCc1nccc(CN2CCC[C@H](c3n[nH]c(C)n3)C2)n1. The fourth-order valence-corrected chi connectivity index (χ4v) is 2.88. The average molecular weight is 286 g/mol. The van der Waals surface area contributed by atoms with Crippen LogP contribution in [0.25, 0.3) is 0 Å². The van der Waals surface area contributed by atoms with Gasteiger partial charge >= 0.3 is 0 Å². The first kappa shape index (κ1) is 14.1. The molecular weight excluding hydrogens is 264 g/mol. The minimum Gasteiger partial charge on any atom is -0.297 e. The zero-order valence-corrected chi connectivity index (χ0v) is 12.7. The maximum atomic E-state index is 4.60. The summed E-state index contributed by atoms with van der Waals surface area (Å²) in [6.07, 6.45) is 5.09. The summed E-state index contributed by atoms with van der Waals surface area (Å²) in [5, 5.41) is 7.27. The summed E-state index contributed by atoms with van der Waals surface area (Å²) < 4.78 is 0. The molecule has 6 nitrogen and oxygen atoms in total. The average Bonchev–Trinajstić information content (AvgIpc) is 2.94. The van der Waals surface area contributed by atoms with E-state index in [9.17, 15) is 0 Å². The third-order valence-electron chi connectivity index (χ3n) is 3.95. The van der Waals surface area contributed by atoms with E-state index in [1.807, 2.05) is 19.2 Å². The van der Waals surface area contributed by atoms with Gasteiger partial charge in [-0.05, 0) is 32.4 Å². The van der Waals surface area contributed by atoms with Crippen LogP contribution in [0.1, 0.15) is 48.9 Å². The highest BCUT2D eigenvalue weighted by Gasteiger charge is 2.24. The molecule has 21 heavy (non-hydrogen) atoms. The van der Waals surface area contributed by atoms with Gasteiger partial charge in [-0.25, -0.2) is 15.0 Å². The van der Waals surface area contributed by atoms with E-state index in [0.717, 1.165) is 55.6 Å². The van der Waals surface area contributed by atoms with Crippen LogP contribution in [0.5, 0.6) is 0 Å². The van der Waals surface area contributed by atoms with Gasteiger partial charge in [0.25, 0.3) is 0 Å². The van der Waals surface area contributed by atoms with Crippen LogP contribution in [0.2, 0.25) is 0 Å². The minimum atomic E-state index is 0.427. The molecule has 2 aromatic rings. The van der Waals surface area contributed by atoms with Crippen LogP contribution in [-0.4, -0.2) is 43.1 Å². The van der Waals surface area contributed by atoms with Crippen molar-refractivity contribution in [3.05, 3.63) is 35.4 Å². The molecule has 6 heteroatoms. The summed E-state index contributed by atoms with van der Waals surface area (Å²) in [6.45, 7) is 7.04. The number of nitrogens with zero attached hydrogens (tertiary/aromatic N) is 5. The van der Waals surface area contributed by atoms with Gasteiger partial charge in [0, 0.05) is 31.6 Å². The summed E-state index contributed by atoms with van der Waals surface area (Å²) in [5.74, 6) is 3.20. The second-order valence-corrected chi connectivity index (χ2v) is 5.67. The Morgan fingerprint density at radius 3 is 3.05 bits per heavy atom. The van der Waals surface area contributed by atoms with E-state index in [4.69, 9.17) is 0 Å². The molecule has 1 aliphatic heterocycles. The first-order valence-electron chi connectivity index (χ1n) is 7.66. The van der Waals surface area contributed by atoms with Gasteiger partial charge in [-0.3, -0.25) is 10.00 Å². The van der Waals surface area contributed by atoms with Crippen LogP contribution in [0.15, 0.2) is 12.3 Å². The Balaban J connectivity index is 1.65. The van der Waals surface area contributed by atoms with E-state index in [1.165, 1.54) is 6.42 Å². The van der Waals surface area contributed by atoms with E-state index in [0.29, 0.717) is 5.92 Å². The Labute approximate surface area is 125 Å². The molecule has 0 aliphatic carbocycles. The van der Waals surface area contributed by atoms with E-state index >= 15 is 0 Å². The third kappa shape index (κ3) is 3.44. The van der Waals surface area contributed by atoms with Crippen molar-refractivity contribution in [2.75, 3.05) is 13.1 Å². The first-order valence-corrected chi connectivity index (χ1v) is 7.66. The Kier molecular flexibility index (Phi) is 4.24. The molecule has 112 valence electrons. The molecule has 0 bridgehead atoms. The van der Waals surface area contributed by atoms with Crippen LogP contribution in [0, 0.1) is 6.92 Å². The van der Waals surface area contributed by atoms with Crippen LogP contribution in [0.3, 0.4) is 0 Å². The van der Waals surface area contributed by atoms with E-state index in [2.05, 4.69) is 37.0 Å². The lowest BCUT2D eigenvalue weighted by atomic mass is 9.97. The number of likely N-dealkylation sites (tertiary alicyclic amines) is 1. The van der Waals surface area contributed by atoms with Crippen molar-refractivity contribution in [2.45, 2.75) is 45.6 Å². The molecule has 1 N–H and O–H groups in total. The fraction of sp³-hybridized carbons (Fsp3) is 0.600. The summed E-state index contributed by atoms with van der Waals surface area (Å²) in [5.41, 5.74) is 1.11. The maximum Gasteiger partial charge on any atom is 0.155 e. The van der Waals surface area contributed by atoms with Crippen molar-refractivity contribution in [2.24, 2.45) is 0 Å². The number of H-pyrrole nitrogens is 1. The van der Waals surface area contributed by atoms with Crippen LogP contribution in [0.4, 0.5) is 0 Å². The lowest BCUT2D eigenvalue weighted by molar-refractivity contribution is 0.194. The molecule has 3 heterocycles. The Bertz CT molecular complexity index is 593. The molecule has 1 fully saturated rings. The van der Waals surface area contributed by atoms with Gasteiger partial charge in [-0.15, -0.1) is 0 Å². The summed E-state index contributed by atoms with van der Waals surface area (Å²) in [7, 11) is 0. The lowest BCUT2D eigenvalue weighted by Crippen LogP contribution is -2.34. The van der Waals surface area contributed by atoms with E-state index < -0.39 is 0 Å². The molecule has 0 amide bonds. The highest BCUT2D eigenvalue weighted by molar-refractivity contribution is 5.04. The highest BCUT2D eigenvalue weighted by Crippen LogP contribution is 2.25. The molecule has 0 radical (unpaired) electrons. The molecule has 0 spiro atoms. The van der Waals surface area contributed by atoms with Crippen LogP contribution >= 0.6 is 0 Å². The van der Waals surface area contributed by atoms with Crippen molar-refractivity contribution in [1.29, 1.82) is 0 Å².